The Hall–Kier alpha value is -2.07. The van der Waals surface area contributed by atoms with Crippen molar-refractivity contribution in [2.45, 2.75) is 37.6 Å². The normalized spacial score (nSPS) is 21.1. The number of hydrogen-bond acceptors (Lipinski definition) is 4. The third-order valence-corrected chi connectivity index (χ3v) is 4.94. The van der Waals surface area contributed by atoms with Crippen LogP contribution in [0.5, 0.6) is 0 Å². The molecule has 1 unspecified atom stereocenters. The topological polar surface area (TPSA) is 54.0 Å². The lowest BCUT2D eigenvalue weighted by Gasteiger charge is -2.25. The molecule has 23 heavy (non-hydrogen) atoms. The molecule has 1 aromatic heterocycles. The van der Waals surface area contributed by atoms with E-state index in [1.165, 1.54) is 11.3 Å². The van der Waals surface area contributed by atoms with Crippen LogP contribution in [0.2, 0.25) is 0 Å². The van der Waals surface area contributed by atoms with E-state index in [9.17, 15) is 8.78 Å². The molecule has 0 radical (unpaired) electrons. The van der Waals surface area contributed by atoms with Crippen LogP contribution in [-0.2, 0) is 7.05 Å². The van der Waals surface area contributed by atoms with Crippen LogP contribution >= 0.6 is 11.3 Å². The van der Waals surface area contributed by atoms with Crippen LogP contribution in [0.15, 0.2) is 29.3 Å². The number of nitrogens with zero attached hydrogens (tertiary/aromatic N) is 4. The van der Waals surface area contributed by atoms with E-state index in [1.807, 2.05) is 12.1 Å². The van der Waals surface area contributed by atoms with Crippen molar-refractivity contribution in [1.82, 2.24) is 9.78 Å². The lowest BCUT2D eigenvalue weighted by molar-refractivity contribution is -0.0397. The summed E-state index contributed by atoms with van der Waals surface area (Å²) < 4.78 is 28.6. The van der Waals surface area contributed by atoms with Crippen molar-refractivity contribution in [3.63, 3.8) is 0 Å². The molecule has 0 saturated heterocycles. The van der Waals surface area contributed by atoms with Crippen molar-refractivity contribution in [1.29, 1.82) is 5.26 Å². The predicted octanol–water partition coefficient (Wildman–Crippen LogP) is 3.50. The second-order valence-corrected chi connectivity index (χ2v) is 6.69. The van der Waals surface area contributed by atoms with Gasteiger partial charge in [0.25, 0.3) is 0 Å². The summed E-state index contributed by atoms with van der Waals surface area (Å²) >= 11 is 1.38. The third kappa shape index (κ3) is 3.64. The van der Waals surface area contributed by atoms with Crippen LogP contribution in [0.3, 0.4) is 0 Å². The first-order valence-corrected chi connectivity index (χ1v) is 8.25. The van der Waals surface area contributed by atoms with E-state index in [4.69, 9.17) is 5.26 Å². The Balaban J connectivity index is 1.88. The molecule has 0 N–H and O–H groups in total. The fourth-order valence-corrected chi connectivity index (χ4v) is 3.64. The minimum Gasteiger partial charge on any atom is -0.254 e. The predicted molar refractivity (Wildman–Crippen MR) is 84.0 cm³/mol. The maximum atomic E-state index is 13.5. The summed E-state index contributed by atoms with van der Waals surface area (Å²) in [4.78, 5) is 5.13. The molecule has 0 amide bonds. The number of aryl methyl sites for hydroxylation is 1. The molecule has 2 aromatic rings. The number of benzene rings is 1. The fourth-order valence-electron chi connectivity index (χ4n) is 2.68. The van der Waals surface area contributed by atoms with Gasteiger partial charge in [-0.15, -0.1) is 0 Å². The van der Waals surface area contributed by atoms with Gasteiger partial charge in [0, 0.05) is 25.5 Å². The number of nitriles is 1. The van der Waals surface area contributed by atoms with Gasteiger partial charge in [0.05, 0.1) is 17.7 Å². The zero-order chi connectivity index (χ0) is 16.4. The Morgan fingerprint density at radius 3 is 2.78 bits per heavy atom. The van der Waals surface area contributed by atoms with E-state index in [0.29, 0.717) is 23.2 Å². The van der Waals surface area contributed by atoms with Crippen LogP contribution in [0.25, 0.3) is 10.6 Å². The molecule has 1 aliphatic rings. The molecule has 0 spiro atoms. The van der Waals surface area contributed by atoms with E-state index in [2.05, 4.69) is 16.2 Å². The summed E-state index contributed by atoms with van der Waals surface area (Å²) in [5.41, 5.74) is 1.48. The molecule has 3 rings (SSSR count). The quantitative estimate of drug-likeness (QED) is 0.844. The van der Waals surface area contributed by atoms with Crippen molar-refractivity contribution in [3.05, 3.63) is 34.6 Å². The van der Waals surface area contributed by atoms with E-state index in [1.54, 1.807) is 23.9 Å². The molecule has 120 valence electrons. The highest BCUT2D eigenvalue weighted by Crippen LogP contribution is 2.34. The number of aromatic nitrogens is 2. The summed E-state index contributed by atoms with van der Waals surface area (Å²) in [6.07, 6.45) is 0.979. The second kappa shape index (κ2) is 6.20. The highest BCUT2D eigenvalue weighted by atomic mass is 32.1. The molecule has 1 atom stereocenters. The van der Waals surface area contributed by atoms with Crippen LogP contribution in [0.1, 0.15) is 31.2 Å². The van der Waals surface area contributed by atoms with Crippen molar-refractivity contribution in [2.75, 3.05) is 0 Å². The minimum absolute atomic E-state index is 0.0374. The summed E-state index contributed by atoms with van der Waals surface area (Å²) in [6.45, 7) is 0. The van der Waals surface area contributed by atoms with E-state index >= 15 is 0 Å². The van der Waals surface area contributed by atoms with Gasteiger partial charge < -0.3 is 0 Å². The van der Waals surface area contributed by atoms with E-state index < -0.39 is 5.92 Å². The molecule has 0 bridgehead atoms. The molecule has 1 heterocycles. The van der Waals surface area contributed by atoms with Crippen molar-refractivity contribution < 1.29 is 8.78 Å². The van der Waals surface area contributed by atoms with Crippen molar-refractivity contribution >= 4 is 11.3 Å². The first-order valence-electron chi connectivity index (χ1n) is 7.43. The number of halogens is 2. The smallest absolute Gasteiger partial charge is 0.250 e. The summed E-state index contributed by atoms with van der Waals surface area (Å²) in [5, 5.41) is 14.0. The molecule has 1 aromatic carbocycles. The fraction of sp³-hybridized carbons (Fsp3) is 0.438. The summed E-state index contributed by atoms with van der Waals surface area (Å²) in [5.74, 6) is -2.61. The lowest BCUT2D eigenvalue weighted by atomic mass is 9.93. The van der Waals surface area contributed by atoms with Crippen molar-refractivity contribution in [2.24, 2.45) is 12.0 Å². The Labute approximate surface area is 136 Å². The zero-order valence-electron chi connectivity index (χ0n) is 12.7. The first kappa shape index (κ1) is 15.8. The highest BCUT2D eigenvalue weighted by molar-refractivity contribution is 7.12. The zero-order valence-corrected chi connectivity index (χ0v) is 13.5. The van der Waals surface area contributed by atoms with E-state index in [0.717, 1.165) is 10.6 Å². The molecular formula is C16H16F2N4S. The Kier molecular flexibility index (Phi) is 4.26. The Bertz CT molecular complexity index is 799. The average molecular weight is 334 g/mol. The first-order chi connectivity index (χ1) is 11.0. The maximum absolute atomic E-state index is 13.5. The van der Waals surface area contributed by atoms with Gasteiger partial charge >= 0.3 is 0 Å². The molecular weight excluding hydrogens is 318 g/mol. The van der Waals surface area contributed by atoms with Gasteiger partial charge in [-0.05, 0) is 25.0 Å². The largest absolute Gasteiger partial charge is 0.254 e. The SMILES string of the molecule is Cn1nc(-c2ccc(C#N)cc2)sc1=NC1CCCC(F)(F)C1. The molecule has 1 aliphatic carbocycles. The maximum Gasteiger partial charge on any atom is 0.250 e. The Morgan fingerprint density at radius 1 is 1.39 bits per heavy atom. The van der Waals surface area contributed by atoms with Crippen molar-refractivity contribution in [3.8, 4) is 16.6 Å². The van der Waals surface area contributed by atoms with Crippen LogP contribution in [-0.4, -0.2) is 21.7 Å². The van der Waals surface area contributed by atoms with Crippen LogP contribution in [0.4, 0.5) is 8.78 Å². The van der Waals surface area contributed by atoms with Gasteiger partial charge in [0.15, 0.2) is 0 Å². The van der Waals surface area contributed by atoms with Gasteiger partial charge in [-0.2, -0.15) is 10.4 Å². The average Bonchev–Trinajstić information content (AvgIpc) is 2.87. The lowest BCUT2D eigenvalue weighted by Crippen LogP contribution is -2.30. The number of rotatable bonds is 2. The second-order valence-electron chi connectivity index (χ2n) is 5.74. The molecule has 7 heteroatoms. The summed E-state index contributed by atoms with van der Waals surface area (Å²) in [7, 11) is 1.77. The van der Waals surface area contributed by atoms with Gasteiger partial charge in [0.2, 0.25) is 10.7 Å². The van der Waals surface area contributed by atoms with Gasteiger partial charge in [0.1, 0.15) is 5.01 Å². The molecule has 1 saturated carbocycles. The third-order valence-electron chi connectivity index (χ3n) is 3.87. The minimum atomic E-state index is -2.61. The standard InChI is InChI=1S/C16H16F2N4S/c1-22-15(20-13-3-2-8-16(17,18)9-13)23-14(21-22)12-6-4-11(10-19)5-7-12/h4-7,13H,2-3,8-9H2,1H3. The Morgan fingerprint density at radius 2 is 2.13 bits per heavy atom. The van der Waals surface area contributed by atoms with Gasteiger partial charge in [-0.1, -0.05) is 23.5 Å². The molecule has 4 nitrogen and oxygen atoms in total. The number of hydrogen-bond donors (Lipinski definition) is 0. The molecule has 0 aliphatic heterocycles. The summed E-state index contributed by atoms with van der Waals surface area (Å²) in [6, 6.07) is 8.85. The number of alkyl halides is 2. The molecule has 1 fully saturated rings. The van der Waals surface area contributed by atoms with E-state index in [-0.39, 0.29) is 18.9 Å². The van der Waals surface area contributed by atoms with Crippen LogP contribution in [0, 0.1) is 11.3 Å². The van der Waals surface area contributed by atoms with Gasteiger partial charge in [-0.25, -0.2) is 13.5 Å². The highest BCUT2D eigenvalue weighted by Gasteiger charge is 2.36. The van der Waals surface area contributed by atoms with Gasteiger partial charge in [-0.3, -0.25) is 4.99 Å². The van der Waals surface area contributed by atoms with Crippen LogP contribution < -0.4 is 4.80 Å². The monoisotopic (exact) mass is 334 g/mol.